The lowest BCUT2D eigenvalue weighted by Crippen LogP contribution is -2.45. The Morgan fingerprint density at radius 1 is 1.20 bits per heavy atom. The third kappa shape index (κ3) is 1.71. The summed E-state index contributed by atoms with van der Waals surface area (Å²) >= 11 is 0. The maximum Gasteiger partial charge on any atom is 0.174 e. The van der Waals surface area contributed by atoms with E-state index in [2.05, 4.69) is 6.92 Å². The maximum absolute atomic E-state index is 5.94. The first-order chi connectivity index (χ1) is 7.29. The number of hydrogen-bond donors (Lipinski definition) is 1. The van der Waals surface area contributed by atoms with Crippen molar-refractivity contribution in [2.45, 2.75) is 51.2 Å². The van der Waals surface area contributed by atoms with E-state index in [4.69, 9.17) is 15.2 Å². The zero-order valence-corrected chi connectivity index (χ0v) is 9.76. The zero-order chi connectivity index (χ0) is 10.8. The van der Waals surface area contributed by atoms with Crippen molar-refractivity contribution in [3.8, 4) is 0 Å². The highest BCUT2D eigenvalue weighted by molar-refractivity contribution is 5.00. The van der Waals surface area contributed by atoms with Gasteiger partial charge >= 0.3 is 0 Å². The van der Waals surface area contributed by atoms with E-state index in [0.29, 0.717) is 0 Å². The van der Waals surface area contributed by atoms with Gasteiger partial charge < -0.3 is 15.2 Å². The molecule has 2 rings (SSSR count). The summed E-state index contributed by atoms with van der Waals surface area (Å²) in [5, 5.41) is 0. The Labute approximate surface area is 92.3 Å². The van der Waals surface area contributed by atoms with Crippen molar-refractivity contribution in [2.75, 3.05) is 19.8 Å². The molecule has 1 saturated carbocycles. The molecular weight excluding hydrogens is 190 g/mol. The second-order valence-corrected chi connectivity index (χ2v) is 4.83. The Morgan fingerprint density at radius 2 is 1.93 bits per heavy atom. The first-order valence-electron chi connectivity index (χ1n) is 6.27. The van der Waals surface area contributed by atoms with Crippen LogP contribution in [0.4, 0.5) is 0 Å². The lowest BCUT2D eigenvalue weighted by molar-refractivity contribution is -0.225. The predicted octanol–water partition coefficient (Wildman–Crippen LogP) is 2.05. The number of rotatable bonds is 4. The normalized spacial score (nSPS) is 34.0. The van der Waals surface area contributed by atoms with Gasteiger partial charge in [0, 0.05) is 11.8 Å². The summed E-state index contributed by atoms with van der Waals surface area (Å²) in [7, 11) is 0. The average molecular weight is 213 g/mol. The van der Waals surface area contributed by atoms with Gasteiger partial charge in [0.1, 0.15) is 0 Å². The van der Waals surface area contributed by atoms with Crippen LogP contribution in [0.15, 0.2) is 0 Å². The van der Waals surface area contributed by atoms with Gasteiger partial charge in [0.2, 0.25) is 0 Å². The quantitative estimate of drug-likeness (QED) is 0.777. The molecule has 0 amide bonds. The second-order valence-electron chi connectivity index (χ2n) is 4.83. The highest BCUT2D eigenvalue weighted by atomic mass is 16.7. The molecule has 3 nitrogen and oxygen atoms in total. The van der Waals surface area contributed by atoms with E-state index in [0.717, 1.165) is 45.4 Å². The van der Waals surface area contributed by atoms with Crippen LogP contribution in [0.25, 0.3) is 0 Å². The van der Waals surface area contributed by atoms with Crippen LogP contribution in [0.3, 0.4) is 0 Å². The molecule has 1 atom stereocenters. The van der Waals surface area contributed by atoms with Crippen LogP contribution in [-0.2, 0) is 9.47 Å². The van der Waals surface area contributed by atoms with Gasteiger partial charge in [-0.05, 0) is 38.6 Å². The van der Waals surface area contributed by atoms with E-state index < -0.39 is 0 Å². The fourth-order valence-electron chi connectivity index (χ4n) is 3.40. The first kappa shape index (κ1) is 11.4. The molecule has 1 spiro atoms. The van der Waals surface area contributed by atoms with E-state index in [1.807, 2.05) is 0 Å². The van der Waals surface area contributed by atoms with Gasteiger partial charge in [-0.2, -0.15) is 0 Å². The number of nitrogens with two attached hydrogens (primary N) is 1. The van der Waals surface area contributed by atoms with Gasteiger partial charge in [-0.1, -0.05) is 6.92 Å². The summed E-state index contributed by atoms with van der Waals surface area (Å²) < 4.78 is 11.9. The third-order valence-electron chi connectivity index (χ3n) is 4.26. The molecule has 15 heavy (non-hydrogen) atoms. The molecule has 0 radical (unpaired) electrons. The van der Waals surface area contributed by atoms with E-state index in [9.17, 15) is 0 Å². The summed E-state index contributed by atoms with van der Waals surface area (Å²) in [6.45, 7) is 4.57. The maximum atomic E-state index is 5.94. The molecule has 0 aromatic heterocycles. The number of ether oxygens (including phenoxy) is 2. The van der Waals surface area contributed by atoms with Gasteiger partial charge in [0.25, 0.3) is 0 Å². The van der Waals surface area contributed by atoms with Crippen LogP contribution < -0.4 is 5.73 Å². The van der Waals surface area contributed by atoms with Gasteiger partial charge in [0.05, 0.1) is 13.2 Å². The molecule has 1 aliphatic carbocycles. The Hall–Kier alpha value is -0.120. The zero-order valence-electron chi connectivity index (χ0n) is 9.76. The molecule has 3 heteroatoms. The molecule has 1 aliphatic heterocycles. The highest BCUT2D eigenvalue weighted by Crippen LogP contribution is 2.55. The van der Waals surface area contributed by atoms with Crippen LogP contribution in [-0.4, -0.2) is 25.5 Å². The minimum Gasteiger partial charge on any atom is -0.347 e. The highest BCUT2D eigenvalue weighted by Gasteiger charge is 2.57. The van der Waals surface area contributed by atoms with Gasteiger partial charge in [0.15, 0.2) is 5.79 Å². The molecule has 88 valence electrons. The molecule has 0 aromatic carbocycles. The van der Waals surface area contributed by atoms with Gasteiger partial charge in [-0.3, -0.25) is 0 Å². The predicted molar refractivity (Wildman–Crippen MR) is 59.5 cm³/mol. The van der Waals surface area contributed by atoms with Crippen molar-refractivity contribution < 1.29 is 9.47 Å². The van der Waals surface area contributed by atoms with E-state index in [1.54, 1.807) is 0 Å². The van der Waals surface area contributed by atoms with Crippen LogP contribution in [0, 0.1) is 5.41 Å². The van der Waals surface area contributed by atoms with Crippen molar-refractivity contribution >= 4 is 0 Å². The van der Waals surface area contributed by atoms with Crippen LogP contribution >= 0.6 is 0 Å². The Bertz CT molecular complexity index is 208. The lowest BCUT2D eigenvalue weighted by Gasteiger charge is -2.41. The summed E-state index contributed by atoms with van der Waals surface area (Å²) in [5.41, 5.74) is 5.86. The standard InChI is InChI=1S/C12H23NO2/c1-2-11(6-4-8-13)5-3-7-12(11)14-9-10-15-12/h2-10,13H2,1H3/t11-/m0/s1. The van der Waals surface area contributed by atoms with Gasteiger partial charge in [-0.15, -0.1) is 0 Å². The SMILES string of the molecule is CC[C@@]1(CCCN)CCCC12OCCO2. The van der Waals surface area contributed by atoms with Crippen molar-refractivity contribution in [1.29, 1.82) is 0 Å². The van der Waals surface area contributed by atoms with Gasteiger partial charge in [-0.25, -0.2) is 0 Å². The topological polar surface area (TPSA) is 44.5 Å². The Kier molecular flexibility index (Phi) is 3.33. The minimum atomic E-state index is -0.253. The van der Waals surface area contributed by atoms with Crippen molar-refractivity contribution in [3.05, 3.63) is 0 Å². The smallest absolute Gasteiger partial charge is 0.174 e. The Morgan fingerprint density at radius 3 is 2.53 bits per heavy atom. The van der Waals surface area contributed by atoms with Crippen LogP contribution in [0.1, 0.15) is 45.4 Å². The molecule has 2 aliphatic rings. The monoisotopic (exact) mass is 213 g/mol. The van der Waals surface area contributed by atoms with E-state index >= 15 is 0 Å². The fraction of sp³-hybridized carbons (Fsp3) is 1.00. The van der Waals surface area contributed by atoms with Crippen molar-refractivity contribution in [3.63, 3.8) is 0 Å². The average Bonchev–Trinajstić information content (AvgIpc) is 2.86. The Balaban J connectivity index is 2.14. The summed E-state index contributed by atoms with van der Waals surface area (Å²) in [6.07, 6.45) is 6.93. The summed E-state index contributed by atoms with van der Waals surface area (Å²) in [6, 6.07) is 0. The van der Waals surface area contributed by atoms with E-state index in [-0.39, 0.29) is 11.2 Å². The van der Waals surface area contributed by atoms with Crippen molar-refractivity contribution in [1.82, 2.24) is 0 Å². The second kappa shape index (κ2) is 4.40. The molecule has 0 aromatic rings. The summed E-state index contributed by atoms with van der Waals surface area (Å²) in [4.78, 5) is 0. The molecule has 0 unspecified atom stereocenters. The number of hydrogen-bond acceptors (Lipinski definition) is 3. The lowest BCUT2D eigenvalue weighted by atomic mass is 9.75. The largest absolute Gasteiger partial charge is 0.347 e. The minimum absolute atomic E-state index is 0.239. The molecule has 1 saturated heterocycles. The molecular formula is C12H23NO2. The van der Waals surface area contributed by atoms with E-state index in [1.165, 1.54) is 12.8 Å². The summed E-state index contributed by atoms with van der Waals surface area (Å²) in [5.74, 6) is -0.253. The molecule has 1 heterocycles. The van der Waals surface area contributed by atoms with Crippen LogP contribution in [0.2, 0.25) is 0 Å². The first-order valence-corrected chi connectivity index (χ1v) is 6.27. The fourth-order valence-corrected chi connectivity index (χ4v) is 3.40. The molecule has 2 N–H and O–H groups in total. The third-order valence-corrected chi connectivity index (χ3v) is 4.26. The van der Waals surface area contributed by atoms with Crippen molar-refractivity contribution in [2.24, 2.45) is 11.1 Å². The molecule has 0 bridgehead atoms. The molecule has 2 fully saturated rings. The van der Waals surface area contributed by atoms with Crippen LogP contribution in [0.5, 0.6) is 0 Å².